The fourth-order valence-corrected chi connectivity index (χ4v) is 1.53. The van der Waals surface area contributed by atoms with E-state index < -0.39 is 11.8 Å². The van der Waals surface area contributed by atoms with Crippen LogP contribution in [-0.4, -0.2) is 24.0 Å². The predicted molar refractivity (Wildman–Crippen MR) is 54.8 cm³/mol. The quantitative estimate of drug-likeness (QED) is 0.735. The molecule has 0 radical (unpaired) electrons. The number of methoxy groups -OCH3 is 1. The molecule has 5 heteroatoms. The Bertz CT molecular complexity index is 450. The Labute approximate surface area is 92.5 Å². The highest BCUT2D eigenvalue weighted by Gasteiger charge is 2.34. The van der Waals surface area contributed by atoms with Gasteiger partial charge in [-0.1, -0.05) is 0 Å². The third-order valence-electron chi connectivity index (χ3n) is 2.16. The molecule has 16 heavy (non-hydrogen) atoms. The number of phenols is 1. The van der Waals surface area contributed by atoms with Gasteiger partial charge in [0.05, 0.1) is 12.7 Å². The molecule has 1 aliphatic rings. The van der Waals surface area contributed by atoms with E-state index in [1.807, 2.05) is 0 Å². The largest absolute Gasteiger partial charge is 0.504 e. The Morgan fingerprint density at radius 3 is 2.69 bits per heavy atom. The monoisotopic (exact) mass is 224 g/mol. The molecule has 86 valence electrons. The molecule has 0 spiro atoms. The Balaban J connectivity index is 2.46. The van der Waals surface area contributed by atoms with Crippen molar-refractivity contribution in [1.29, 1.82) is 0 Å². The third-order valence-corrected chi connectivity index (χ3v) is 2.16. The Morgan fingerprint density at radius 1 is 1.38 bits per heavy atom. The van der Waals surface area contributed by atoms with Crippen LogP contribution in [0.4, 0.5) is 0 Å². The van der Waals surface area contributed by atoms with E-state index in [1.165, 1.54) is 19.2 Å². The van der Waals surface area contributed by atoms with Crippen molar-refractivity contribution in [1.82, 2.24) is 0 Å². The van der Waals surface area contributed by atoms with Crippen molar-refractivity contribution in [2.45, 2.75) is 19.6 Å². The Kier molecular flexibility index (Phi) is 2.18. The zero-order valence-corrected chi connectivity index (χ0v) is 9.23. The molecule has 1 aliphatic heterocycles. The SMILES string of the molecule is COC(=O)c1cc(O)c2c(c1)OC(C)(C)O2. The molecule has 0 saturated carbocycles. The van der Waals surface area contributed by atoms with Gasteiger partial charge in [0, 0.05) is 13.8 Å². The van der Waals surface area contributed by atoms with E-state index in [0.717, 1.165) is 0 Å². The fourth-order valence-electron chi connectivity index (χ4n) is 1.53. The van der Waals surface area contributed by atoms with Gasteiger partial charge in [-0.25, -0.2) is 4.79 Å². The van der Waals surface area contributed by atoms with Crippen molar-refractivity contribution in [3.8, 4) is 17.2 Å². The van der Waals surface area contributed by atoms with Gasteiger partial charge >= 0.3 is 5.97 Å². The smallest absolute Gasteiger partial charge is 0.338 e. The Morgan fingerprint density at radius 2 is 2.06 bits per heavy atom. The number of carbonyl (C=O) groups excluding carboxylic acids is 1. The van der Waals surface area contributed by atoms with Crippen molar-refractivity contribution in [2.24, 2.45) is 0 Å². The lowest BCUT2D eigenvalue weighted by Gasteiger charge is -2.16. The van der Waals surface area contributed by atoms with Crippen LogP contribution in [0.1, 0.15) is 24.2 Å². The number of hydrogen-bond donors (Lipinski definition) is 1. The number of rotatable bonds is 1. The first-order chi connectivity index (χ1) is 7.43. The van der Waals surface area contributed by atoms with Crippen LogP contribution in [0.25, 0.3) is 0 Å². The van der Waals surface area contributed by atoms with Crippen LogP contribution in [-0.2, 0) is 4.74 Å². The zero-order valence-electron chi connectivity index (χ0n) is 9.23. The molecule has 1 aromatic rings. The van der Waals surface area contributed by atoms with Crippen LogP contribution in [0, 0.1) is 0 Å². The van der Waals surface area contributed by atoms with Gasteiger partial charge in [0.2, 0.25) is 11.5 Å². The molecule has 0 aliphatic carbocycles. The number of phenolic OH excluding ortho intramolecular Hbond substituents is 1. The second-order valence-electron chi connectivity index (χ2n) is 3.92. The highest BCUT2D eigenvalue weighted by Crippen LogP contribution is 2.46. The van der Waals surface area contributed by atoms with Crippen LogP contribution in [0.2, 0.25) is 0 Å². The number of fused-ring (bicyclic) bond motifs is 1. The van der Waals surface area contributed by atoms with Crippen LogP contribution in [0.15, 0.2) is 12.1 Å². The van der Waals surface area contributed by atoms with E-state index in [9.17, 15) is 9.90 Å². The van der Waals surface area contributed by atoms with Gasteiger partial charge in [0.15, 0.2) is 11.5 Å². The third kappa shape index (κ3) is 1.64. The van der Waals surface area contributed by atoms with E-state index in [-0.39, 0.29) is 17.1 Å². The number of benzene rings is 1. The summed E-state index contributed by atoms with van der Waals surface area (Å²) in [4.78, 5) is 11.3. The molecular weight excluding hydrogens is 212 g/mol. The minimum Gasteiger partial charge on any atom is -0.504 e. The van der Waals surface area contributed by atoms with Crippen LogP contribution in [0.3, 0.4) is 0 Å². The summed E-state index contributed by atoms with van der Waals surface area (Å²) in [5.41, 5.74) is 0.222. The van der Waals surface area contributed by atoms with E-state index in [1.54, 1.807) is 13.8 Å². The number of esters is 1. The summed E-state index contributed by atoms with van der Waals surface area (Å²) in [6.07, 6.45) is 0. The fraction of sp³-hybridized carbons (Fsp3) is 0.364. The maximum Gasteiger partial charge on any atom is 0.338 e. The van der Waals surface area contributed by atoms with Gasteiger partial charge in [-0.15, -0.1) is 0 Å². The lowest BCUT2D eigenvalue weighted by Crippen LogP contribution is -2.29. The molecule has 0 saturated heterocycles. The van der Waals surface area contributed by atoms with Crippen molar-refractivity contribution in [2.75, 3.05) is 7.11 Å². The van der Waals surface area contributed by atoms with Crippen LogP contribution < -0.4 is 9.47 Å². The van der Waals surface area contributed by atoms with Crippen molar-refractivity contribution < 1.29 is 24.1 Å². The lowest BCUT2D eigenvalue weighted by molar-refractivity contribution is -0.0440. The van der Waals surface area contributed by atoms with Gasteiger partial charge in [0.25, 0.3) is 0 Å². The van der Waals surface area contributed by atoms with Gasteiger partial charge < -0.3 is 19.3 Å². The number of aromatic hydroxyl groups is 1. The minimum absolute atomic E-state index is 0.136. The molecule has 5 nitrogen and oxygen atoms in total. The second kappa shape index (κ2) is 3.30. The summed E-state index contributed by atoms with van der Waals surface area (Å²) < 4.78 is 15.3. The molecule has 0 bridgehead atoms. The summed E-state index contributed by atoms with van der Waals surface area (Å²) in [5, 5.41) is 9.68. The summed E-state index contributed by atoms with van der Waals surface area (Å²) in [7, 11) is 1.27. The molecule has 0 atom stereocenters. The molecule has 0 amide bonds. The van der Waals surface area contributed by atoms with Gasteiger partial charge in [0.1, 0.15) is 0 Å². The molecule has 0 unspecified atom stereocenters. The topological polar surface area (TPSA) is 65.0 Å². The first kappa shape index (κ1) is 10.6. The summed E-state index contributed by atoms with van der Waals surface area (Å²) >= 11 is 0. The molecule has 1 heterocycles. The maximum atomic E-state index is 11.3. The Hall–Kier alpha value is -1.91. The normalized spacial score (nSPS) is 15.9. The highest BCUT2D eigenvalue weighted by molar-refractivity contribution is 5.91. The first-order valence-electron chi connectivity index (χ1n) is 4.76. The van der Waals surface area contributed by atoms with Crippen LogP contribution >= 0.6 is 0 Å². The second-order valence-corrected chi connectivity index (χ2v) is 3.92. The molecular formula is C11H12O5. The molecule has 0 fully saturated rings. The predicted octanol–water partition coefficient (Wildman–Crippen LogP) is 1.69. The van der Waals surface area contributed by atoms with Crippen molar-refractivity contribution in [3.63, 3.8) is 0 Å². The molecule has 1 N–H and O–H groups in total. The summed E-state index contributed by atoms with van der Waals surface area (Å²) in [6.45, 7) is 3.43. The van der Waals surface area contributed by atoms with E-state index in [2.05, 4.69) is 4.74 Å². The van der Waals surface area contributed by atoms with E-state index in [0.29, 0.717) is 5.75 Å². The van der Waals surface area contributed by atoms with Gasteiger partial charge in [-0.3, -0.25) is 0 Å². The summed E-state index contributed by atoms with van der Waals surface area (Å²) in [5.74, 6) is -0.924. The average molecular weight is 224 g/mol. The number of carbonyl (C=O) groups is 1. The molecule has 0 aromatic heterocycles. The summed E-state index contributed by atoms with van der Waals surface area (Å²) in [6, 6.07) is 2.77. The molecule has 2 rings (SSSR count). The number of ether oxygens (including phenoxy) is 3. The maximum absolute atomic E-state index is 11.3. The van der Waals surface area contributed by atoms with Crippen molar-refractivity contribution in [3.05, 3.63) is 17.7 Å². The van der Waals surface area contributed by atoms with E-state index in [4.69, 9.17) is 9.47 Å². The van der Waals surface area contributed by atoms with Crippen molar-refractivity contribution >= 4 is 5.97 Å². The lowest BCUT2D eigenvalue weighted by atomic mass is 10.2. The van der Waals surface area contributed by atoms with E-state index >= 15 is 0 Å². The van der Waals surface area contributed by atoms with Gasteiger partial charge in [-0.05, 0) is 12.1 Å². The van der Waals surface area contributed by atoms with Crippen LogP contribution in [0.5, 0.6) is 17.2 Å². The minimum atomic E-state index is -0.839. The first-order valence-corrected chi connectivity index (χ1v) is 4.76. The zero-order chi connectivity index (χ0) is 11.9. The highest BCUT2D eigenvalue weighted by atomic mass is 16.7. The standard InChI is InChI=1S/C11H12O5/c1-11(2)15-8-5-6(10(13)14-3)4-7(12)9(8)16-11/h4-5,12H,1-3H3. The average Bonchev–Trinajstić information content (AvgIpc) is 2.52. The molecule has 1 aromatic carbocycles. The number of hydrogen-bond acceptors (Lipinski definition) is 5. The van der Waals surface area contributed by atoms with Gasteiger partial charge in [-0.2, -0.15) is 0 Å².